The number of halogens is 1. The summed E-state index contributed by atoms with van der Waals surface area (Å²) in [6.07, 6.45) is 1.86. The first kappa shape index (κ1) is 15.3. The van der Waals surface area contributed by atoms with Gasteiger partial charge in [-0.3, -0.25) is 14.8 Å². The van der Waals surface area contributed by atoms with Gasteiger partial charge in [-0.1, -0.05) is 6.07 Å². The second kappa shape index (κ2) is 6.58. The summed E-state index contributed by atoms with van der Waals surface area (Å²) >= 11 is 5.69. The van der Waals surface area contributed by atoms with Gasteiger partial charge in [0.1, 0.15) is 6.61 Å². The van der Waals surface area contributed by atoms with Gasteiger partial charge >= 0.3 is 5.69 Å². The van der Waals surface area contributed by atoms with Gasteiger partial charge in [0.25, 0.3) is 0 Å². The smallest absolute Gasteiger partial charge is 0.311 e. The Balaban J connectivity index is 2.13. The summed E-state index contributed by atoms with van der Waals surface area (Å²) in [5.41, 5.74) is 1.32. The molecule has 1 aromatic carbocycles. The van der Waals surface area contributed by atoms with Gasteiger partial charge in [0.2, 0.25) is 0 Å². The van der Waals surface area contributed by atoms with Crippen LogP contribution in [0.4, 0.5) is 5.69 Å². The maximum atomic E-state index is 11.1. The number of nitro benzene ring substituents is 1. The zero-order valence-electron chi connectivity index (χ0n) is 11.8. The molecule has 0 atom stereocenters. The van der Waals surface area contributed by atoms with Crippen LogP contribution in [-0.4, -0.2) is 14.7 Å². The van der Waals surface area contributed by atoms with E-state index in [2.05, 4.69) is 5.10 Å². The molecule has 1 aromatic heterocycles. The molecule has 0 aliphatic rings. The number of rotatable bonds is 6. The zero-order chi connectivity index (χ0) is 15.4. The maximum absolute atomic E-state index is 11.1. The van der Waals surface area contributed by atoms with E-state index >= 15 is 0 Å². The number of benzene rings is 1. The van der Waals surface area contributed by atoms with Crippen molar-refractivity contribution in [1.82, 2.24) is 9.78 Å². The number of ether oxygens (including phenoxy) is 1. The van der Waals surface area contributed by atoms with Crippen molar-refractivity contribution in [2.45, 2.75) is 32.4 Å². The van der Waals surface area contributed by atoms with Gasteiger partial charge in [-0.15, -0.1) is 11.6 Å². The molecule has 0 unspecified atom stereocenters. The molecule has 21 heavy (non-hydrogen) atoms. The predicted octanol–water partition coefficient (Wildman–Crippen LogP) is 3.69. The van der Waals surface area contributed by atoms with Crippen LogP contribution in [0.2, 0.25) is 0 Å². The first-order chi connectivity index (χ1) is 10.0. The van der Waals surface area contributed by atoms with Crippen LogP contribution in [0.3, 0.4) is 0 Å². The van der Waals surface area contributed by atoms with Crippen molar-refractivity contribution in [1.29, 1.82) is 0 Å². The van der Waals surface area contributed by atoms with Crippen LogP contribution in [0.15, 0.2) is 30.5 Å². The Labute approximate surface area is 127 Å². The Bertz CT molecular complexity index is 640. The molecule has 2 rings (SSSR count). The molecule has 0 amide bonds. The summed E-state index contributed by atoms with van der Waals surface area (Å²) in [7, 11) is 0. The SMILES string of the molecule is CC(C)n1ccc(COc2ccc(CCl)cc2[N+](=O)[O-])n1. The third-order valence-corrected chi connectivity index (χ3v) is 3.25. The zero-order valence-corrected chi connectivity index (χ0v) is 12.6. The minimum absolute atomic E-state index is 0.0866. The van der Waals surface area contributed by atoms with Crippen molar-refractivity contribution >= 4 is 17.3 Å². The van der Waals surface area contributed by atoms with E-state index in [0.717, 1.165) is 5.69 Å². The molecular weight excluding hydrogens is 294 g/mol. The summed E-state index contributed by atoms with van der Waals surface area (Å²) in [5.74, 6) is 0.438. The number of hydrogen-bond donors (Lipinski definition) is 0. The van der Waals surface area contributed by atoms with E-state index in [9.17, 15) is 10.1 Å². The van der Waals surface area contributed by atoms with E-state index in [-0.39, 0.29) is 30.0 Å². The largest absolute Gasteiger partial charge is 0.480 e. The maximum Gasteiger partial charge on any atom is 0.311 e. The quantitative estimate of drug-likeness (QED) is 0.463. The molecule has 0 saturated carbocycles. The van der Waals surface area contributed by atoms with E-state index in [1.165, 1.54) is 6.07 Å². The Morgan fingerprint density at radius 1 is 1.43 bits per heavy atom. The molecule has 0 aliphatic heterocycles. The monoisotopic (exact) mass is 309 g/mol. The lowest BCUT2D eigenvalue weighted by Gasteiger charge is -2.07. The molecule has 0 aliphatic carbocycles. The van der Waals surface area contributed by atoms with E-state index in [1.54, 1.807) is 12.1 Å². The van der Waals surface area contributed by atoms with Crippen LogP contribution in [0.25, 0.3) is 0 Å². The second-order valence-electron chi connectivity index (χ2n) is 4.86. The first-order valence-electron chi connectivity index (χ1n) is 6.51. The average Bonchev–Trinajstić information content (AvgIpc) is 2.94. The molecule has 112 valence electrons. The van der Waals surface area contributed by atoms with Gasteiger partial charge in [0, 0.05) is 24.2 Å². The topological polar surface area (TPSA) is 70.2 Å². The van der Waals surface area contributed by atoms with Crippen molar-refractivity contribution in [3.63, 3.8) is 0 Å². The number of hydrogen-bond acceptors (Lipinski definition) is 4. The lowest BCUT2D eigenvalue weighted by Crippen LogP contribution is -2.04. The van der Waals surface area contributed by atoms with Crippen molar-refractivity contribution in [2.24, 2.45) is 0 Å². The molecule has 0 saturated heterocycles. The van der Waals surface area contributed by atoms with E-state index in [0.29, 0.717) is 5.56 Å². The first-order valence-corrected chi connectivity index (χ1v) is 7.05. The standard InChI is InChI=1S/C14H16ClN3O3/c1-10(2)17-6-5-12(16-17)9-21-14-4-3-11(8-15)7-13(14)18(19)20/h3-7,10H,8-9H2,1-2H3. The van der Waals surface area contributed by atoms with Crippen LogP contribution >= 0.6 is 11.6 Å². The molecule has 6 nitrogen and oxygen atoms in total. The van der Waals surface area contributed by atoms with Crippen LogP contribution in [0.5, 0.6) is 5.75 Å². The van der Waals surface area contributed by atoms with Gasteiger partial charge in [-0.25, -0.2) is 0 Å². The lowest BCUT2D eigenvalue weighted by molar-refractivity contribution is -0.386. The molecule has 0 radical (unpaired) electrons. The highest BCUT2D eigenvalue weighted by Crippen LogP contribution is 2.29. The van der Waals surface area contributed by atoms with Crippen molar-refractivity contribution in [2.75, 3.05) is 0 Å². The van der Waals surface area contributed by atoms with Crippen LogP contribution in [-0.2, 0) is 12.5 Å². The summed E-state index contributed by atoms with van der Waals surface area (Å²) in [6, 6.07) is 6.79. The highest BCUT2D eigenvalue weighted by molar-refractivity contribution is 6.17. The van der Waals surface area contributed by atoms with Crippen LogP contribution in [0.1, 0.15) is 31.1 Å². The van der Waals surface area contributed by atoms with E-state index in [1.807, 2.05) is 30.8 Å². The number of nitrogens with zero attached hydrogens (tertiary/aromatic N) is 3. The molecule has 0 bridgehead atoms. The Morgan fingerprint density at radius 2 is 2.19 bits per heavy atom. The Kier molecular flexibility index (Phi) is 4.80. The number of alkyl halides is 1. The van der Waals surface area contributed by atoms with Gasteiger partial charge in [-0.05, 0) is 31.5 Å². The minimum Gasteiger partial charge on any atom is -0.480 e. The van der Waals surface area contributed by atoms with Crippen LogP contribution in [0, 0.1) is 10.1 Å². The summed E-state index contributed by atoms with van der Waals surface area (Å²) in [5, 5.41) is 15.4. The third-order valence-electron chi connectivity index (χ3n) is 2.94. The van der Waals surface area contributed by atoms with E-state index in [4.69, 9.17) is 16.3 Å². The number of aromatic nitrogens is 2. The van der Waals surface area contributed by atoms with E-state index < -0.39 is 4.92 Å². The highest BCUT2D eigenvalue weighted by Gasteiger charge is 2.16. The minimum atomic E-state index is -0.474. The molecule has 0 N–H and O–H groups in total. The fourth-order valence-electron chi connectivity index (χ4n) is 1.80. The fourth-order valence-corrected chi connectivity index (χ4v) is 1.97. The number of nitro groups is 1. The average molecular weight is 310 g/mol. The Morgan fingerprint density at radius 3 is 2.76 bits per heavy atom. The van der Waals surface area contributed by atoms with Gasteiger partial charge in [-0.2, -0.15) is 5.10 Å². The van der Waals surface area contributed by atoms with Crippen LogP contribution < -0.4 is 4.74 Å². The summed E-state index contributed by atoms with van der Waals surface area (Å²) < 4.78 is 7.33. The molecule has 0 fully saturated rings. The van der Waals surface area contributed by atoms with Gasteiger partial charge < -0.3 is 4.74 Å². The van der Waals surface area contributed by atoms with Crippen molar-refractivity contribution in [3.8, 4) is 5.75 Å². The Hall–Kier alpha value is -2.08. The molecular formula is C14H16ClN3O3. The third kappa shape index (κ3) is 3.72. The van der Waals surface area contributed by atoms with Crippen molar-refractivity contribution in [3.05, 3.63) is 51.8 Å². The summed E-state index contributed by atoms with van der Waals surface area (Å²) in [6.45, 7) is 4.22. The van der Waals surface area contributed by atoms with Crippen molar-refractivity contribution < 1.29 is 9.66 Å². The fraction of sp³-hybridized carbons (Fsp3) is 0.357. The lowest BCUT2D eigenvalue weighted by atomic mass is 10.2. The van der Waals surface area contributed by atoms with Gasteiger partial charge in [0.05, 0.1) is 10.6 Å². The molecule has 0 spiro atoms. The predicted molar refractivity (Wildman–Crippen MR) is 79.6 cm³/mol. The van der Waals surface area contributed by atoms with Gasteiger partial charge in [0.15, 0.2) is 5.75 Å². The molecule has 1 heterocycles. The normalized spacial score (nSPS) is 10.9. The highest BCUT2D eigenvalue weighted by atomic mass is 35.5. The molecule has 2 aromatic rings. The second-order valence-corrected chi connectivity index (χ2v) is 5.13. The summed E-state index contributed by atoms with van der Waals surface area (Å²) in [4.78, 5) is 10.6. The molecule has 7 heteroatoms.